The molecule has 0 spiro atoms. The van der Waals surface area contributed by atoms with Crippen molar-refractivity contribution in [2.75, 3.05) is 0 Å². The fourth-order valence-corrected chi connectivity index (χ4v) is 2.38. The van der Waals surface area contributed by atoms with Crippen molar-refractivity contribution >= 4 is 28.7 Å². The van der Waals surface area contributed by atoms with E-state index in [0.717, 1.165) is 21.9 Å². The number of hydrogen-bond donors (Lipinski definition) is 0. The predicted molar refractivity (Wildman–Crippen MR) is 42.0 cm³/mol. The molecule has 1 aliphatic rings. The van der Waals surface area contributed by atoms with Crippen molar-refractivity contribution in [3.05, 3.63) is 20.8 Å². The molecule has 0 atom stereocenters. The predicted octanol–water partition coefficient (Wildman–Crippen LogP) is 2.53. The highest BCUT2D eigenvalue weighted by Gasteiger charge is 2.22. The Labute approximate surface area is 67.6 Å². The molecule has 0 radical (unpaired) electrons. The number of hydrogen-bond acceptors (Lipinski definition) is 2. The van der Waals surface area contributed by atoms with Gasteiger partial charge in [0, 0.05) is 17.4 Å². The summed E-state index contributed by atoms with van der Waals surface area (Å²) in [6.07, 6.45) is 1.49. The van der Waals surface area contributed by atoms with Crippen LogP contribution in [0.1, 0.15) is 22.3 Å². The topological polar surface area (TPSA) is 17.1 Å². The van der Waals surface area contributed by atoms with E-state index in [1.54, 1.807) is 0 Å². The van der Waals surface area contributed by atoms with Gasteiger partial charge < -0.3 is 0 Å². The van der Waals surface area contributed by atoms with E-state index in [9.17, 15) is 4.79 Å². The summed E-state index contributed by atoms with van der Waals surface area (Å²) in [5, 5.41) is 1.85. The molecule has 1 heterocycles. The van der Waals surface area contributed by atoms with Gasteiger partial charge in [0.25, 0.3) is 0 Å². The van der Waals surface area contributed by atoms with E-state index in [1.165, 1.54) is 11.3 Å². The van der Waals surface area contributed by atoms with Crippen molar-refractivity contribution in [3.8, 4) is 0 Å². The quantitative estimate of drug-likeness (QED) is 0.588. The highest BCUT2D eigenvalue weighted by molar-refractivity contribution is 7.14. The average molecular weight is 173 g/mol. The number of fused-ring (bicyclic) bond motifs is 1. The van der Waals surface area contributed by atoms with Crippen molar-refractivity contribution in [2.45, 2.75) is 12.8 Å². The summed E-state index contributed by atoms with van der Waals surface area (Å²) >= 11 is 7.27. The summed E-state index contributed by atoms with van der Waals surface area (Å²) in [5.41, 5.74) is 1.92. The lowest BCUT2D eigenvalue weighted by Crippen LogP contribution is -1.86. The molecule has 1 aromatic heterocycles. The van der Waals surface area contributed by atoms with Crippen LogP contribution in [0.2, 0.25) is 4.34 Å². The van der Waals surface area contributed by atoms with Gasteiger partial charge >= 0.3 is 0 Å². The van der Waals surface area contributed by atoms with Gasteiger partial charge in [-0.15, -0.1) is 11.3 Å². The highest BCUT2D eigenvalue weighted by atomic mass is 35.5. The molecule has 52 valence electrons. The molecule has 0 aliphatic heterocycles. The third-order valence-corrected chi connectivity index (χ3v) is 3.05. The Morgan fingerprint density at radius 1 is 1.50 bits per heavy atom. The molecule has 0 unspecified atom stereocenters. The molecular formula is C7H5ClOS. The van der Waals surface area contributed by atoms with E-state index >= 15 is 0 Å². The molecule has 0 amide bonds. The SMILES string of the molecule is O=C1CCc2c1csc2Cl. The molecular weight excluding hydrogens is 168 g/mol. The maximum atomic E-state index is 11.0. The van der Waals surface area contributed by atoms with Crippen LogP contribution in [-0.4, -0.2) is 5.78 Å². The van der Waals surface area contributed by atoms with Gasteiger partial charge in [-0.1, -0.05) is 11.6 Å². The van der Waals surface area contributed by atoms with Gasteiger partial charge in [0.1, 0.15) is 0 Å². The van der Waals surface area contributed by atoms with Crippen LogP contribution < -0.4 is 0 Å². The largest absolute Gasteiger partial charge is 0.294 e. The Bertz CT molecular complexity index is 290. The first-order valence-corrected chi connectivity index (χ1v) is 4.34. The van der Waals surface area contributed by atoms with Crippen LogP contribution in [0.3, 0.4) is 0 Å². The fraction of sp³-hybridized carbons (Fsp3) is 0.286. The minimum absolute atomic E-state index is 0.248. The van der Waals surface area contributed by atoms with E-state index in [-0.39, 0.29) is 5.78 Å². The molecule has 1 aromatic rings. The summed E-state index contributed by atoms with van der Waals surface area (Å²) in [5.74, 6) is 0.248. The van der Waals surface area contributed by atoms with Gasteiger partial charge in [-0.05, 0) is 12.0 Å². The first-order valence-electron chi connectivity index (χ1n) is 3.08. The van der Waals surface area contributed by atoms with Gasteiger partial charge in [-0.2, -0.15) is 0 Å². The minimum atomic E-state index is 0.248. The van der Waals surface area contributed by atoms with Crippen LogP contribution in [0, 0.1) is 0 Å². The second kappa shape index (κ2) is 2.07. The first-order chi connectivity index (χ1) is 4.79. The summed E-state index contributed by atoms with van der Waals surface area (Å²) in [7, 11) is 0. The Hall–Kier alpha value is -0.340. The zero-order valence-corrected chi connectivity index (χ0v) is 6.76. The van der Waals surface area contributed by atoms with E-state index < -0.39 is 0 Å². The minimum Gasteiger partial charge on any atom is -0.294 e. The molecule has 10 heavy (non-hydrogen) atoms. The second-order valence-electron chi connectivity index (χ2n) is 2.32. The molecule has 1 aliphatic carbocycles. The zero-order valence-electron chi connectivity index (χ0n) is 5.19. The number of ketones is 1. The summed E-state index contributed by atoms with van der Waals surface area (Å²) in [4.78, 5) is 11.0. The maximum Gasteiger partial charge on any atom is 0.164 e. The van der Waals surface area contributed by atoms with Crippen molar-refractivity contribution in [1.82, 2.24) is 0 Å². The van der Waals surface area contributed by atoms with E-state index in [1.807, 2.05) is 5.38 Å². The lowest BCUT2D eigenvalue weighted by molar-refractivity contribution is 0.0995. The molecule has 0 saturated carbocycles. The van der Waals surface area contributed by atoms with Crippen molar-refractivity contribution in [1.29, 1.82) is 0 Å². The zero-order chi connectivity index (χ0) is 7.14. The molecule has 1 nitrogen and oxygen atoms in total. The normalized spacial score (nSPS) is 15.9. The summed E-state index contributed by atoms with van der Waals surface area (Å²) in [6.45, 7) is 0. The molecule has 3 heteroatoms. The molecule has 0 saturated heterocycles. The van der Waals surface area contributed by atoms with Crippen LogP contribution in [0.25, 0.3) is 0 Å². The number of carbonyl (C=O) groups is 1. The van der Waals surface area contributed by atoms with Crippen LogP contribution in [0.15, 0.2) is 5.38 Å². The smallest absolute Gasteiger partial charge is 0.164 e. The van der Waals surface area contributed by atoms with E-state index in [2.05, 4.69) is 0 Å². The number of carbonyl (C=O) groups excluding carboxylic acids is 1. The van der Waals surface area contributed by atoms with Gasteiger partial charge in [0.2, 0.25) is 0 Å². The number of halogens is 1. The summed E-state index contributed by atoms with van der Waals surface area (Å²) in [6, 6.07) is 0. The number of rotatable bonds is 0. The van der Waals surface area contributed by atoms with Crippen molar-refractivity contribution < 1.29 is 4.79 Å². The Morgan fingerprint density at radius 3 is 3.00 bits per heavy atom. The third-order valence-electron chi connectivity index (χ3n) is 1.75. The fourth-order valence-electron chi connectivity index (χ4n) is 1.20. The maximum absolute atomic E-state index is 11.0. The molecule has 0 fully saturated rings. The number of Topliss-reactive ketones (excluding diaryl/α,β-unsaturated/α-hetero) is 1. The second-order valence-corrected chi connectivity index (χ2v) is 3.81. The Kier molecular flexibility index (Phi) is 1.32. The number of thiophene rings is 1. The van der Waals surface area contributed by atoms with Gasteiger partial charge in [-0.3, -0.25) is 4.79 Å². The summed E-state index contributed by atoms with van der Waals surface area (Å²) < 4.78 is 0.792. The Balaban J connectivity index is 2.63. The first kappa shape index (κ1) is 6.38. The standard InChI is InChI=1S/C7H5ClOS/c8-7-4-1-2-6(9)5(4)3-10-7/h3H,1-2H2. The third kappa shape index (κ3) is 0.724. The highest BCUT2D eigenvalue weighted by Crippen LogP contribution is 2.33. The van der Waals surface area contributed by atoms with Gasteiger partial charge in [-0.25, -0.2) is 0 Å². The lowest BCUT2D eigenvalue weighted by atomic mass is 10.2. The lowest BCUT2D eigenvalue weighted by Gasteiger charge is -1.83. The van der Waals surface area contributed by atoms with Crippen LogP contribution >= 0.6 is 22.9 Å². The van der Waals surface area contributed by atoms with Crippen LogP contribution in [0.5, 0.6) is 0 Å². The van der Waals surface area contributed by atoms with E-state index in [0.29, 0.717) is 6.42 Å². The van der Waals surface area contributed by atoms with Crippen molar-refractivity contribution in [3.63, 3.8) is 0 Å². The Morgan fingerprint density at radius 2 is 2.30 bits per heavy atom. The monoisotopic (exact) mass is 172 g/mol. The average Bonchev–Trinajstić information content (AvgIpc) is 2.41. The van der Waals surface area contributed by atoms with Gasteiger partial charge in [0.15, 0.2) is 5.78 Å². The molecule has 2 rings (SSSR count). The van der Waals surface area contributed by atoms with Crippen LogP contribution in [0.4, 0.5) is 0 Å². The van der Waals surface area contributed by atoms with Crippen LogP contribution in [-0.2, 0) is 6.42 Å². The molecule has 0 bridgehead atoms. The molecule has 0 N–H and O–H groups in total. The molecule has 0 aromatic carbocycles. The van der Waals surface area contributed by atoms with E-state index in [4.69, 9.17) is 11.6 Å². The van der Waals surface area contributed by atoms with Gasteiger partial charge in [0.05, 0.1) is 4.34 Å². The van der Waals surface area contributed by atoms with Crippen molar-refractivity contribution in [2.24, 2.45) is 0 Å².